The Kier molecular flexibility index (Phi) is 5.51. The summed E-state index contributed by atoms with van der Waals surface area (Å²) < 4.78 is 0. The maximum Gasteiger partial charge on any atom is 0.227 e. The molecule has 0 aliphatic carbocycles. The highest BCUT2D eigenvalue weighted by Crippen LogP contribution is 2.27. The average Bonchev–Trinajstić information content (AvgIpc) is 2.63. The van der Waals surface area contributed by atoms with E-state index in [0.29, 0.717) is 0 Å². The first-order chi connectivity index (χ1) is 11.3. The zero-order valence-electron chi connectivity index (χ0n) is 14.1. The summed E-state index contributed by atoms with van der Waals surface area (Å²) in [4.78, 5) is 17.4. The monoisotopic (exact) mass is 316 g/mol. The molecule has 2 N–H and O–H groups in total. The molecule has 2 fully saturated rings. The average molecular weight is 316 g/mol. The SMILES string of the molecule is CCN1CCN(c2ccccc2NC(=O)C2CCNCC2)CC1. The lowest BCUT2D eigenvalue weighted by Crippen LogP contribution is -2.46. The van der Waals surface area contributed by atoms with Gasteiger partial charge in [0.25, 0.3) is 0 Å². The van der Waals surface area contributed by atoms with Crippen LogP contribution < -0.4 is 15.5 Å². The van der Waals surface area contributed by atoms with Crippen LogP contribution in [-0.2, 0) is 4.79 Å². The van der Waals surface area contributed by atoms with Crippen LogP contribution in [0, 0.1) is 5.92 Å². The second-order valence-electron chi connectivity index (χ2n) is 6.45. The molecule has 0 unspecified atom stereocenters. The Balaban J connectivity index is 1.67. The molecule has 5 nitrogen and oxygen atoms in total. The summed E-state index contributed by atoms with van der Waals surface area (Å²) in [5.74, 6) is 0.312. The van der Waals surface area contributed by atoms with Crippen molar-refractivity contribution >= 4 is 17.3 Å². The Morgan fingerprint density at radius 3 is 2.57 bits per heavy atom. The Hall–Kier alpha value is -1.59. The number of carbonyl (C=O) groups excluding carboxylic acids is 1. The molecule has 2 heterocycles. The molecule has 2 saturated heterocycles. The van der Waals surface area contributed by atoms with E-state index in [1.807, 2.05) is 12.1 Å². The number of nitrogens with zero attached hydrogens (tertiary/aromatic N) is 2. The summed E-state index contributed by atoms with van der Waals surface area (Å²) in [7, 11) is 0. The van der Waals surface area contributed by atoms with Crippen LogP contribution in [0.5, 0.6) is 0 Å². The van der Waals surface area contributed by atoms with Crippen LogP contribution in [0.25, 0.3) is 0 Å². The number of hydrogen-bond donors (Lipinski definition) is 2. The molecule has 0 saturated carbocycles. The number of piperazine rings is 1. The highest BCUT2D eigenvalue weighted by atomic mass is 16.1. The van der Waals surface area contributed by atoms with Crippen molar-refractivity contribution in [3.63, 3.8) is 0 Å². The lowest BCUT2D eigenvalue weighted by Gasteiger charge is -2.36. The fourth-order valence-electron chi connectivity index (χ4n) is 3.48. The minimum atomic E-state index is 0.140. The molecule has 1 aromatic carbocycles. The quantitative estimate of drug-likeness (QED) is 0.889. The number of para-hydroxylation sites is 2. The first-order valence-corrected chi connectivity index (χ1v) is 8.86. The first-order valence-electron chi connectivity index (χ1n) is 8.86. The third kappa shape index (κ3) is 4.03. The Morgan fingerprint density at radius 1 is 1.17 bits per heavy atom. The first kappa shape index (κ1) is 16.3. The minimum absolute atomic E-state index is 0.140. The smallest absolute Gasteiger partial charge is 0.227 e. The summed E-state index contributed by atoms with van der Waals surface area (Å²) in [6.45, 7) is 9.44. The number of rotatable bonds is 4. The molecule has 23 heavy (non-hydrogen) atoms. The second kappa shape index (κ2) is 7.79. The molecular formula is C18H28N4O. The Labute approximate surface area is 139 Å². The van der Waals surface area contributed by atoms with Gasteiger partial charge in [-0.25, -0.2) is 0 Å². The van der Waals surface area contributed by atoms with Crippen molar-refractivity contribution in [2.75, 3.05) is 56.0 Å². The topological polar surface area (TPSA) is 47.6 Å². The lowest BCUT2D eigenvalue weighted by molar-refractivity contribution is -0.120. The molecular weight excluding hydrogens is 288 g/mol. The number of piperidine rings is 1. The van der Waals surface area contributed by atoms with E-state index in [1.165, 1.54) is 0 Å². The van der Waals surface area contributed by atoms with Gasteiger partial charge in [0.15, 0.2) is 0 Å². The Morgan fingerprint density at radius 2 is 1.87 bits per heavy atom. The molecule has 0 spiro atoms. The van der Waals surface area contributed by atoms with E-state index in [4.69, 9.17) is 0 Å². The van der Waals surface area contributed by atoms with E-state index in [0.717, 1.165) is 70.0 Å². The number of anilines is 2. The normalized spacial score (nSPS) is 20.5. The van der Waals surface area contributed by atoms with Crippen LogP contribution in [0.1, 0.15) is 19.8 Å². The maximum atomic E-state index is 12.5. The zero-order valence-corrected chi connectivity index (χ0v) is 14.1. The van der Waals surface area contributed by atoms with Gasteiger partial charge in [-0.15, -0.1) is 0 Å². The summed E-state index contributed by atoms with van der Waals surface area (Å²) >= 11 is 0. The lowest BCUT2D eigenvalue weighted by atomic mass is 9.97. The molecule has 2 aliphatic rings. The standard InChI is InChI=1S/C18H28N4O/c1-2-21-11-13-22(14-12-21)17-6-4-3-5-16(17)20-18(23)15-7-9-19-10-8-15/h3-6,15,19H,2,7-14H2,1H3,(H,20,23). The van der Waals surface area contributed by atoms with Crippen LogP contribution >= 0.6 is 0 Å². The highest BCUT2D eigenvalue weighted by molar-refractivity contribution is 5.95. The van der Waals surface area contributed by atoms with Gasteiger partial charge in [0.05, 0.1) is 11.4 Å². The van der Waals surface area contributed by atoms with Crippen LogP contribution in [0.15, 0.2) is 24.3 Å². The predicted molar refractivity (Wildman–Crippen MR) is 95.0 cm³/mol. The molecule has 2 aliphatic heterocycles. The molecule has 3 rings (SSSR count). The van der Waals surface area contributed by atoms with Crippen LogP contribution in [-0.4, -0.2) is 56.6 Å². The fraction of sp³-hybridized carbons (Fsp3) is 0.611. The van der Waals surface area contributed by atoms with E-state index in [9.17, 15) is 4.79 Å². The fourth-order valence-corrected chi connectivity index (χ4v) is 3.48. The van der Waals surface area contributed by atoms with E-state index >= 15 is 0 Å². The van der Waals surface area contributed by atoms with Gasteiger partial charge in [-0.05, 0) is 44.6 Å². The summed E-state index contributed by atoms with van der Waals surface area (Å²) in [5.41, 5.74) is 2.12. The molecule has 1 amide bonds. The van der Waals surface area contributed by atoms with Crippen molar-refractivity contribution < 1.29 is 4.79 Å². The van der Waals surface area contributed by atoms with Gasteiger partial charge < -0.3 is 20.4 Å². The molecule has 5 heteroatoms. The van der Waals surface area contributed by atoms with Crippen molar-refractivity contribution in [3.8, 4) is 0 Å². The largest absolute Gasteiger partial charge is 0.367 e. The van der Waals surface area contributed by atoms with Gasteiger partial charge in [0.1, 0.15) is 0 Å². The predicted octanol–water partition coefficient (Wildman–Crippen LogP) is 1.77. The third-order valence-electron chi connectivity index (χ3n) is 5.03. The van der Waals surface area contributed by atoms with Crippen molar-refractivity contribution in [2.45, 2.75) is 19.8 Å². The van der Waals surface area contributed by atoms with Crippen LogP contribution in [0.3, 0.4) is 0 Å². The number of amides is 1. The minimum Gasteiger partial charge on any atom is -0.367 e. The highest BCUT2D eigenvalue weighted by Gasteiger charge is 2.23. The van der Waals surface area contributed by atoms with Gasteiger partial charge in [-0.2, -0.15) is 0 Å². The van der Waals surface area contributed by atoms with Gasteiger partial charge in [-0.1, -0.05) is 19.1 Å². The van der Waals surface area contributed by atoms with Crippen molar-refractivity contribution in [2.24, 2.45) is 5.92 Å². The van der Waals surface area contributed by atoms with Crippen molar-refractivity contribution in [3.05, 3.63) is 24.3 Å². The van der Waals surface area contributed by atoms with E-state index < -0.39 is 0 Å². The van der Waals surface area contributed by atoms with Crippen molar-refractivity contribution in [1.29, 1.82) is 0 Å². The number of nitrogens with one attached hydrogen (secondary N) is 2. The summed E-state index contributed by atoms with van der Waals surface area (Å²) in [6, 6.07) is 8.21. The third-order valence-corrected chi connectivity index (χ3v) is 5.03. The van der Waals surface area contributed by atoms with Gasteiger partial charge in [0, 0.05) is 32.1 Å². The molecule has 0 aromatic heterocycles. The van der Waals surface area contributed by atoms with Crippen LogP contribution in [0.4, 0.5) is 11.4 Å². The summed E-state index contributed by atoms with van der Waals surface area (Å²) in [5, 5.41) is 6.49. The van der Waals surface area contributed by atoms with Crippen molar-refractivity contribution in [1.82, 2.24) is 10.2 Å². The summed E-state index contributed by atoms with van der Waals surface area (Å²) in [6.07, 6.45) is 1.87. The van der Waals surface area contributed by atoms with Crippen LogP contribution in [0.2, 0.25) is 0 Å². The van der Waals surface area contributed by atoms with Gasteiger partial charge in [0.2, 0.25) is 5.91 Å². The van der Waals surface area contributed by atoms with E-state index in [1.54, 1.807) is 0 Å². The van der Waals surface area contributed by atoms with Gasteiger partial charge in [-0.3, -0.25) is 4.79 Å². The number of carbonyl (C=O) groups is 1. The number of benzene rings is 1. The zero-order chi connectivity index (χ0) is 16.1. The Bertz CT molecular complexity index is 520. The molecule has 0 atom stereocenters. The second-order valence-corrected chi connectivity index (χ2v) is 6.45. The molecule has 126 valence electrons. The molecule has 0 radical (unpaired) electrons. The molecule has 0 bridgehead atoms. The maximum absolute atomic E-state index is 12.5. The van der Waals surface area contributed by atoms with Gasteiger partial charge >= 0.3 is 0 Å². The van der Waals surface area contributed by atoms with E-state index in [-0.39, 0.29) is 11.8 Å². The number of hydrogen-bond acceptors (Lipinski definition) is 4. The van der Waals surface area contributed by atoms with E-state index in [2.05, 4.69) is 39.5 Å². The number of likely N-dealkylation sites (N-methyl/N-ethyl adjacent to an activating group) is 1. The molecule has 1 aromatic rings.